The van der Waals surface area contributed by atoms with Crippen molar-refractivity contribution in [3.05, 3.63) is 0 Å². The van der Waals surface area contributed by atoms with Gasteiger partial charge in [-0.15, -0.1) is 24.8 Å². The van der Waals surface area contributed by atoms with Crippen LogP contribution in [-0.2, 0) is 9.59 Å². The Hall–Kier alpha value is -0.560. The minimum atomic E-state index is 0. The van der Waals surface area contributed by atoms with Crippen molar-refractivity contribution in [1.82, 2.24) is 14.7 Å². The number of piperazine rings is 1. The zero-order chi connectivity index (χ0) is 17.8. The first-order chi connectivity index (χ1) is 12.0. The highest BCUT2D eigenvalue weighted by Gasteiger charge is 2.30. The number of likely N-dealkylation sites (N-methyl/N-ethyl adjacent to an activating group) is 1. The summed E-state index contributed by atoms with van der Waals surface area (Å²) in [6, 6.07) is 0.211. The molecule has 2 heterocycles. The number of piperidine rings is 1. The maximum Gasteiger partial charge on any atom is 0.222 e. The SMILES string of the molecule is CN1CCN(C(=O)CC2CCN(C(=O)C[C@@H]3CCC[C@H]3N)CC2)CC1.Cl.Cl. The summed E-state index contributed by atoms with van der Waals surface area (Å²) in [6.07, 6.45) is 6.52. The predicted octanol–water partition coefficient (Wildman–Crippen LogP) is 1.75. The molecule has 6 nitrogen and oxygen atoms in total. The van der Waals surface area contributed by atoms with Crippen molar-refractivity contribution in [2.45, 2.75) is 51.0 Å². The molecule has 0 bridgehead atoms. The second kappa shape index (κ2) is 11.4. The fraction of sp³-hybridized carbons (Fsp3) is 0.895. The summed E-state index contributed by atoms with van der Waals surface area (Å²) in [7, 11) is 2.10. The number of rotatable bonds is 4. The van der Waals surface area contributed by atoms with Gasteiger partial charge in [0, 0.05) is 58.2 Å². The molecule has 2 N–H and O–H groups in total. The first kappa shape index (κ1) is 24.5. The molecule has 0 radical (unpaired) electrons. The van der Waals surface area contributed by atoms with Crippen LogP contribution in [0.3, 0.4) is 0 Å². The summed E-state index contributed by atoms with van der Waals surface area (Å²) in [6.45, 7) is 5.27. The average Bonchev–Trinajstić information content (AvgIpc) is 3.01. The van der Waals surface area contributed by atoms with Crippen LogP contribution in [0.2, 0.25) is 0 Å². The summed E-state index contributed by atoms with van der Waals surface area (Å²) >= 11 is 0. The summed E-state index contributed by atoms with van der Waals surface area (Å²) in [5.74, 6) is 1.38. The second-order valence-electron chi connectivity index (χ2n) is 8.27. The number of likely N-dealkylation sites (tertiary alicyclic amines) is 1. The Bertz CT molecular complexity index is 478. The van der Waals surface area contributed by atoms with E-state index in [1.165, 1.54) is 0 Å². The zero-order valence-electron chi connectivity index (χ0n) is 16.5. The third kappa shape index (κ3) is 6.77. The van der Waals surface area contributed by atoms with Crippen LogP contribution in [-0.4, -0.2) is 78.9 Å². The Balaban J connectivity index is 0.00000182. The highest BCUT2D eigenvalue weighted by Crippen LogP contribution is 2.29. The third-order valence-electron chi connectivity index (χ3n) is 6.44. The van der Waals surface area contributed by atoms with Gasteiger partial charge in [0.2, 0.25) is 11.8 Å². The van der Waals surface area contributed by atoms with Crippen molar-refractivity contribution >= 4 is 36.6 Å². The van der Waals surface area contributed by atoms with Gasteiger partial charge in [-0.05, 0) is 44.6 Å². The number of nitrogens with zero attached hydrogens (tertiary/aromatic N) is 3. The second-order valence-corrected chi connectivity index (χ2v) is 8.27. The van der Waals surface area contributed by atoms with E-state index in [0.29, 0.717) is 30.6 Å². The topological polar surface area (TPSA) is 69.9 Å². The third-order valence-corrected chi connectivity index (χ3v) is 6.44. The van der Waals surface area contributed by atoms with Crippen LogP contribution in [0.1, 0.15) is 44.9 Å². The first-order valence-corrected chi connectivity index (χ1v) is 10.0. The lowest BCUT2D eigenvalue weighted by Gasteiger charge is -2.36. The van der Waals surface area contributed by atoms with Crippen LogP contribution in [0.5, 0.6) is 0 Å². The van der Waals surface area contributed by atoms with Gasteiger partial charge in [-0.25, -0.2) is 0 Å². The molecular weight excluding hydrogens is 387 g/mol. The van der Waals surface area contributed by atoms with E-state index in [4.69, 9.17) is 5.73 Å². The van der Waals surface area contributed by atoms with Crippen LogP contribution in [0.15, 0.2) is 0 Å². The van der Waals surface area contributed by atoms with Crippen molar-refractivity contribution in [2.24, 2.45) is 17.6 Å². The Morgan fingerprint density at radius 3 is 1.93 bits per heavy atom. The quantitative estimate of drug-likeness (QED) is 0.748. The molecular formula is C19H36Cl2N4O2. The molecule has 1 aliphatic carbocycles. The van der Waals surface area contributed by atoms with Crippen LogP contribution in [0.25, 0.3) is 0 Å². The Morgan fingerprint density at radius 1 is 0.815 bits per heavy atom. The van der Waals surface area contributed by atoms with Crippen molar-refractivity contribution in [2.75, 3.05) is 46.3 Å². The van der Waals surface area contributed by atoms with Crippen molar-refractivity contribution < 1.29 is 9.59 Å². The molecule has 2 aliphatic heterocycles. The number of hydrogen-bond acceptors (Lipinski definition) is 4. The number of halogens is 2. The van der Waals surface area contributed by atoms with Crippen molar-refractivity contribution in [1.29, 1.82) is 0 Å². The molecule has 0 aromatic carbocycles. The molecule has 3 fully saturated rings. The van der Waals surface area contributed by atoms with E-state index < -0.39 is 0 Å². The standard InChI is InChI=1S/C19H34N4O2.2ClH/c1-21-9-11-23(12-10-21)18(24)13-15-5-7-22(8-6-15)19(25)14-16-3-2-4-17(16)20;;/h15-17H,2-14,20H2,1H3;2*1H/t16-,17+;;/m0../s1. The van der Waals surface area contributed by atoms with Gasteiger partial charge in [-0.3, -0.25) is 9.59 Å². The Kier molecular flexibility index (Phi) is 10.4. The minimum Gasteiger partial charge on any atom is -0.343 e. The number of carbonyl (C=O) groups excluding carboxylic acids is 2. The molecule has 1 saturated carbocycles. The van der Waals surface area contributed by atoms with E-state index in [-0.39, 0.29) is 36.8 Å². The summed E-state index contributed by atoms with van der Waals surface area (Å²) < 4.78 is 0. The summed E-state index contributed by atoms with van der Waals surface area (Å²) in [5.41, 5.74) is 6.10. The Labute approximate surface area is 176 Å². The number of carbonyl (C=O) groups is 2. The largest absolute Gasteiger partial charge is 0.343 e. The van der Waals surface area contributed by atoms with E-state index in [2.05, 4.69) is 11.9 Å². The van der Waals surface area contributed by atoms with E-state index in [0.717, 1.165) is 71.4 Å². The maximum atomic E-state index is 12.5. The van der Waals surface area contributed by atoms with E-state index in [9.17, 15) is 9.59 Å². The van der Waals surface area contributed by atoms with Crippen LogP contribution in [0.4, 0.5) is 0 Å². The molecule has 0 aromatic heterocycles. The summed E-state index contributed by atoms with van der Waals surface area (Å²) in [5, 5.41) is 0. The average molecular weight is 423 g/mol. The van der Waals surface area contributed by atoms with E-state index in [1.54, 1.807) is 0 Å². The molecule has 3 rings (SSSR count). The molecule has 3 aliphatic rings. The molecule has 8 heteroatoms. The lowest BCUT2D eigenvalue weighted by atomic mass is 9.92. The normalized spacial score (nSPS) is 27.0. The van der Waals surface area contributed by atoms with Gasteiger partial charge in [-0.2, -0.15) is 0 Å². The molecule has 0 aromatic rings. The van der Waals surface area contributed by atoms with Gasteiger partial charge in [0.1, 0.15) is 0 Å². The molecule has 27 heavy (non-hydrogen) atoms. The van der Waals surface area contributed by atoms with Gasteiger partial charge in [0.25, 0.3) is 0 Å². The molecule has 0 spiro atoms. The number of hydrogen-bond donors (Lipinski definition) is 1. The molecule has 2 saturated heterocycles. The van der Waals surface area contributed by atoms with Crippen LogP contribution < -0.4 is 5.73 Å². The van der Waals surface area contributed by atoms with Gasteiger partial charge in [0.05, 0.1) is 0 Å². The van der Waals surface area contributed by atoms with Crippen molar-refractivity contribution in [3.63, 3.8) is 0 Å². The van der Waals surface area contributed by atoms with Gasteiger partial charge in [0.15, 0.2) is 0 Å². The van der Waals surface area contributed by atoms with Gasteiger partial charge < -0.3 is 20.4 Å². The lowest BCUT2D eigenvalue weighted by molar-refractivity contribution is -0.135. The molecule has 2 atom stereocenters. The molecule has 2 amide bonds. The monoisotopic (exact) mass is 422 g/mol. The van der Waals surface area contributed by atoms with Gasteiger partial charge in [-0.1, -0.05) is 6.42 Å². The number of nitrogens with two attached hydrogens (primary N) is 1. The number of amides is 2. The summed E-state index contributed by atoms with van der Waals surface area (Å²) in [4.78, 5) is 31.2. The fourth-order valence-electron chi connectivity index (χ4n) is 4.49. The zero-order valence-corrected chi connectivity index (χ0v) is 18.1. The maximum absolute atomic E-state index is 12.5. The Morgan fingerprint density at radius 2 is 1.37 bits per heavy atom. The minimum absolute atomic E-state index is 0. The van der Waals surface area contributed by atoms with E-state index >= 15 is 0 Å². The van der Waals surface area contributed by atoms with Crippen LogP contribution >= 0.6 is 24.8 Å². The smallest absolute Gasteiger partial charge is 0.222 e. The van der Waals surface area contributed by atoms with Crippen molar-refractivity contribution in [3.8, 4) is 0 Å². The lowest BCUT2D eigenvalue weighted by Crippen LogP contribution is -2.48. The molecule has 158 valence electrons. The fourth-order valence-corrected chi connectivity index (χ4v) is 4.49. The first-order valence-electron chi connectivity index (χ1n) is 10.0. The van der Waals surface area contributed by atoms with E-state index in [1.807, 2.05) is 9.80 Å². The molecule has 0 unspecified atom stereocenters. The van der Waals surface area contributed by atoms with Gasteiger partial charge >= 0.3 is 0 Å². The highest BCUT2D eigenvalue weighted by molar-refractivity contribution is 5.85. The van der Waals surface area contributed by atoms with Crippen LogP contribution in [0, 0.1) is 11.8 Å². The predicted molar refractivity (Wildman–Crippen MR) is 112 cm³/mol. The highest BCUT2D eigenvalue weighted by atomic mass is 35.5.